The van der Waals surface area contributed by atoms with Crippen molar-refractivity contribution in [1.29, 1.82) is 0 Å². The highest BCUT2D eigenvalue weighted by atomic mass is 16.5. The minimum absolute atomic E-state index is 0.203. The molecule has 106 valence electrons. The van der Waals surface area contributed by atoms with Gasteiger partial charge in [0.1, 0.15) is 0 Å². The van der Waals surface area contributed by atoms with Crippen LogP contribution < -0.4 is 5.73 Å². The molecule has 1 unspecified atom stereocenters. The van der Waals surface area contributed by atoms with Gasteiger partial charge < -0.3 is 10.5 Å². The molecule has 20 heavy (non-hydrogen) atoms. The Balaban J connectivity index is 1.83. The second kappa shape index (κ2) is 5.58. The van der Waals surface area contributed by atoms with Crippen LogP contribution in [-0.2, 0) is 11.3 Å². The number of nitrogen functional groups attached to an aromatic ring is 1. The Kier molecular flexibility index (Phi) is 3.64. The largest absolute Gasteiger partial charge is 0.398 e. The lowest BCUT2D eigenvalue weighted by molar-refractivity contribution is 0.00397. The first-order chi connectivity index (χ1) is 9.74. The summed E-state index contributed by atoms with van der Waals surface area (Å²) in [7, 11) is 0. The van der Waals surface area contributed by atoms with Gasteiger partial charge in [0.15, 0.2) is 5.82 Å². The van der Waals surface area contributed by atoms with Gasteiger partial charge in [0.25, 0.3) is 0 Å². The summed E-state index contributed by atoms with van der Waals surface area (Å²) in [4.78, 5) is 0. The number of nitrogens with two attached hydrogens (primary N) is 1. The molecule has 1 aromatic heterocycles. The van der Waals surface area contributed by atoms with E-state index in [9.17, 15) is 0 Å². The summed E-state index contributed by atoms with van der Waals surface area (Å²) in [6.07, 6.45) is 3.62. The fourth-order valence-corrected chi connectivity index (χ4v) is 2.46. The number of hydrogen-bond donors (Lipinski definition) is 1. The molecular weight excluding hydrogens is 254 g/mol. The van der Waals surface area contributed by atoms with E-state index >= 15 is 0 Å². The highest BCUT2D eigenvalue weighted by Crippen LogP contribution is 2.22. The molecule has 2 aromatic rings. The Morgan fingerprint density at radius 3 is 3.05 bits per heavy atom. The number of ether oxygens (including phenoxy) is 1. The maximum atomic E-state index is 5.96. The molecule has 0 bridgehead atoms. The molecule has 0 aliphatic carbocycles. The quantitative estimate of drug-likeness (QED) is 0.863. The van der Waals surface area contributed by atoms with Crippen LogP contribution in [0.4, 0.5) is 5.69 Å². The van der Waals surface area contributed by atoms with E-state index in [1.807, 2.05) is 25.1 Å². The van der Waals surface area contributed by atoms with Gasteiger partial charge in [0.2, 0.25) is 0 Å². The van der Waals surface area contributed by atoms with E-state index in [1.165, 1.54) is 6.42 Å². The molecule has 1 atom stereocenters. The highest BCUT2D eigenvalue weighted by Gasteiger charge is 2.18. The van der Waals surface area contributed by atoms with Crippen LogP contribution in [0.15, 0.2) is 18.2 Å². The molecule has 0 saturated carbocycles. The summed E-state index contributed by atoms with van der Waals surface area (Å²) in [6.45, 7) is 3.51. The van der Waals surface area contributed by atoms with E-state index in [0.29, 0.717) is 6.54 Å². The first kappa shape index (κ1) is 13.1. The third kappa shape index (κ3) is 2.65. The summed E-state index contributed by atoms with van der Waals surface area (Å²) < 4.78 is 7.55. The second-order valence-electron chi connectivity index (χ2n) is 5.24. The number of benzene rings is 1. The number of hydrogen-bond acceptors (Lipinski definition) is 5. The van der Waals surface area contributed by atoms with Crippen molar-refractivity contribution in [3.8, 4) is 11.4 Å². The summed E-state index contributed by atoms with van der Waals surface area (Å²) in [6, 6.07) is 5.90. The van der Waals surface area contributed by atoms with Crippen molar-refractivity contribution in [1.82, 2.24) is 20.2 Å². The van der Waals surface area contributed by atoms with E-state index in [1.54, 1.807) is 4.68 Å². The van der Waals surface area contributed by atoms with E-state index in [2.05, 4.69) is 15.5 Å². The third-order valence-electron chi connectivity index (χ3n) is 3.72. The second-order valence-corrected chi connectivity index (χ2v) is 5.24. The van der Waals surface area contributed by atoms with Gasteiger partial charge in [0.05, 0.1) is 12.6 Å². The molecule has 2 heterocycles. The lowest BCUT2D eigenvalue weighted by Gasteiger charge is -2.22. The molecule has 0 radical (unpaired) electrons. The fraction of sp³-hybridized carbons (Fsp3) is 0.500. The van der Waals surface area contributed by atoms with Crippen LogP contribution in [0.3, 0.4) is 0 Å². The van der Waals surface area contributed by atoms with Gasteiger partial charge in [-0.3, -0.25) is 0 Å². The highest BCUT2D eigenvalue weighted by molar-refractivity contribution is 5.63. The molecule has 1 aliphatic rings. The molecule has 0 spiro atoms. The first-order valence-electron chi connectivity index (χ1n) is 6.98. The average molecular weight is 273 g/mol. The van der Waals surface area contributed by atoms with Crippen LogP contribution in [0.1, 0.15) is 24.8 Å². The number of aromatic nitrogens is 4. The van der Waals surface area contributed by atoms with Gasteiger partial charge in [-0.25, -0.2) is 4.68 Å². The Morgan fingerprint density at radius 2 is 2.30 bits per heavy atom. The smallest absolute Gasteiger partial charge is 0.182 e. The molecule has 1 saturated heterocycles. The Hall–Kier alpha value is -1.95. The predicted octanol–water partition coefficient (Wildman–Crippen LogP) is 1.80. The van der Waals surface area contributed by atoms with Crippen LogP contribution in [-0.4, -0.2) is 32.9 Å². The zero-order chi connectivity index (χ0) is 13.9. The summed E-state index contributed by atoms with van der Waals surface area (Å²) in [5, 5.41) is 12.0. The zero-order valence-electron chi connectivity index (χ0n) is 11.6. The Bertz CT molecular complexity index is 589. The summed E-state index contributed by atoms with van der Waals surface area (Å²) >= 11 is 0. The molecule has 3 rings (SSSR count). The van der Waals surface area contributed by atoms with Gasteiger partial charge in [-0.05, 0) is 48.2 Å². The molecule has 2 N–H and O–H groups in total. The lowest BCUT2D eigenvalue weighted by atomic mass is 10.1. The molecule has 1 aliphatic heterocycles. The van der Waals surface area contributed by atoms with E-state index in [-0.39, 0.29) is 6.10 Å². The third-order valence-corrected chi connectivity index (χ3v) is 3.72. The topological polar surface area (TPSA) is 78.8 Å². The molecule has 0 amide bonds. The summed E-state index contributed by atoms with van der Waals surface area (Å²) in [5.74, 6) is 0.742. The van der Waals surface area contributed by atoms with Crippen LogP contribution >= 0.6 is 0 Å². The lowest BCUT2D eigenvalue weighted by Crippen LogP contribution is -2.25. The van der Waals surface area contributed by atoms with Crippen molar-refractivity contribution < 1.29 is 4.74 Å². The van der Waals surface area contributed by atoms with E-state index in [4.69, 9.17) is 10.5 Å². The molecule has 6 heteroatoms. The Labute approximate surface area is 117 Å². The number of rotatable bonds is 3. The maximum Gasteiger partial charge on any atom is 0.182 e. The van der Waals surface area contributed by atoms with Gasteiger partial charge in [0, 0.05) is 17.9 Å². The minimum atomic E-state index is 0.203. The van der Waals surface area contributed by atoms with Crippen LogP contribution in [0.25, 0.3) is 11.4 Å². The fourth-order valence-electron chi connectivity index (χ4n) is 2.46. The number of nitrogens with zero attached hydrogens (tertiary/aromatic N) is 4. The van der Waals surface area contributed by atoms with Crippen LogP contribution in [0, 0.1) is 6.92 Å². The van der Waals surface area contributed by atoms with E-state index < -0.39 is 0 Å². The molecule has 1 aromatic carbocycles. The molecule has 1 fully saturated rings. The van der Waals surface area contributed by atoms with Crippen molar-refractivity contribution in [3.63, 3.8) is 0 Å². The van der Waals surface area contributed by atoms with Crippen molar-refractivity contribution in [2.24, 2.45) is 0 Å². The normalized spacial score (nSPS) is 19.1. The standard InChI is InChI=1S/C14H19N5O/c1-10-5-6-11(8-13(10)15)14-16-17-18-19(14)9-12-4-2-3-7-20-12/h5-6,8,12H,2-4,7,9,15H2,1H3. The van der Waals surface area contributed by atoms with Gasteiger partial charge >= 0.3 is 0 Å². The summed E-state index contributed by atoms with van der Waals surface area (Å²) in [5.41, 5.74) is 8.71. The van der Waals surface area contributed by atoms with Crippen LogP contribution in [0.2, 0.25) is 0 Å². The Morgan fingerprint density at radius 1 is 1.40 bits per heavy atom. The average Bonchev–Trinajstić information content (AvgIpc) is 2.91. The number of anilines is 1. The maximum absolute atomic E-state index is 5.96. The minimum Gasteiger partial charge on any atom is -0.398 e. The van der Waals surface area contributed by atoms with Crippen molar-refractivity contribution >= 4 is 5.69 Å². The number of tetrazole rings is 1. The van der Waals surface area contributed by atoms with Crippen molar-refractivity contribution in [2.45, 2.75) is 38.8 Å². The predicted molar refractivity (Wildman–Crippen MR) is 76.0 cm³/mol. The molecule has 6 nitrogen and oxygen atoms in total. The molecular formula is C14H19N5O. The van der Waals surface area contributed by atoms with Crippen molar-refractivity contribution in [3.05, 3.63) is 23.8 Å². The first-order valence-corrected chi connectivity index (χ1v) is 6.98. The van der Waals surface area contributed by atoms with Crippen molar-refractivity contribution in [2.75, 3.05) is 12.3 Å². The monoisotopic (exact) mass is 273 g/mol. The van der Waals surface area contributed by atoms with Gasteiger partial charge in [-0.1, -0.05) is 12.1 Å². The number of aryl methyl sites for hydroxylation is 1. The van der Waals surface area contributed by atoms with Gasteiger partial charge in [-0.2, -0.15) is 0 Å². The SMILES string of the molecule is Cc1ccc(-c2nnnn2CC2CCCCO2)cc1N. The zero-order valence-corrected chi connectivity index (χ0v) is 11.6. The van der Waals surface area contributed by atoms with Gasteiger partial charge in [-0.15, -0.1) is 5.10 Å². The van der Waals surface area contributed by atoms with E-state index in [0.717, 1.165) is 42.1 Å². The van der Waals surface area contributed by atoms with Crippen LogP contribution in [0.5, 0.6) is 0 Å².